The molecule has 2 aliphatic rings. The molecule has 4 rings (SSSR count). The average molecular weight is 325 g/mol. The van der Waals surface area contributed by atoms with Crippen molar-refractivity contribution in [1.29, 1.82) is 0 Å². The maximum Gasteiger partial charge on any atom is 0.159 e. The van der Waals surface area contributed by atoms with E-state index < -0.39 is 0 Å². The molecule has 0 saturated carbocycles. The Bertz CT molecular complexity index is 861. The summed E-state index contributed by atoms with van der Waals surface area (Å²) in [6, 6.07) is 6.50. The lowest BCUT2D eigenvalue weighted by Crippen LogP contribution is -2.40. The molecule has 0 bridgehead atoms. The number of anilines is 1. The Kier molecular flexibility index (Phi) is 4.17. The van der Waals surface area contributed by atoms with Gasteiger partial charge >= 0.3 is 0 Å². The van der Waals surface area contributed by atoms with Crippen molar-refractivity contribution < 1.29 is 9.13 Å². The Morgan fingerprint density at radius 2 is 1.83 bits per heavy atom. The Morgan fingerprint density at radius 1 is 1.04 bits per heavy atom. The van der Waals surface area contributed by atoms with Crippen molar-refractivity contribution in [1.82, 2.24) is 9.78 Å². The quantitative estimate of drug-likeness (QED) is 0.843. The van der Waals surface area contributed by atoms with Crippen molar-refractivity contribution in [3.8, 4) is 5.69 Å². The highest BCUT2D eigenvalue weighted by molar-refractivity contribution is 5.53. The molecule has 0 radical (unpaired) electrons. The van der Waals surface area contributed by atoms with Crippen LogP contribution < -0.4 is 15.5 Å². The molecule has 2 heterocycles. The molecule has 24 heavy (non-hydrogen) atoms. The molecule has 0 spiro atoms. The standard InChI is InChI=1S/C19H20FN3O/c20-15-7-9-16(10-8-15)23-18-6-4-2-1-3-5-17(18)19(21-23)22-11-13-24-14-12-22/h1,3,5-10H,2,4,11-14H2/b3-1-,17-5+,18-6+. The summed E-state index contributed by atoms with van der Waals surface area (Å²) in [5.74, 6) is 0.737. The van der Waals surface area contributed by atoms with Gasteiger partial charge < -0.3 is 9.64 Å². The SMILES string of the molecule is Fc1ccc(-n2nc(N3CCOCC3)c3/c2=C\CC/C=C\C=3)cc1. The predicted molar refractivity (Wildman–Crippen MR) is 93.1 cm³/mol. The van der Waals surface area contributed by atoms with Crippen molar-refractivity contribution >= 4 is 18.0 Å². The zero-order chi connectivity index (χ0) is 16.4. The summed E-state index contributed by atoms with van der Waals surface area (Å²) in [5.41, 5.74) is 0.876. The number of allylic oxidation sites excluding steroid dienone is 2. The molecule has 1 aromatic carbocycles. The third-order valence-electron chi connectivity index (χ3n) is 4.39. The van der Waals surface area contributed by atoms with Gasteiger partial charge in [-0.05, 0) is 43.2 Å². The summed E-state index contributed by atoms with van der Waals surface area (Å²) >= 11 is 0. The van der Waals surface area contributed by atoms with E-state index in [1.807, 2.05) is 4.68 Å². The predicted octanol–water partition coefficient (Wildman–Crippen LogP) is 1.76. The van der Waals surface area contributed by atoms with Gasteiger partial charge in [-0.2, -0.15) is 0 Å². The molecule has 1 aliphatic heterocycles. The molecule has 1 aromatic heterocycles. The van der Waals surface area contributed by atoms with E-state index in [1.54, 1.807) is 12.1 Å². The summed E-state index contributed by atoms with van der Waals surface area (Å²) in [4.78, 5) is 2.27. The van der Waals surface area contributed by atoms with Crippen LogP contribution >= 0.6 is 0 Å². The van der Waals surface area contributed by atoms with Crippen molar-refractivity contribution in [3.05, 3.63) is 52.8 Å². The molecular weight excluding hydrogens is 305 g/mol. The van der Waals surface area contributed by atoms with Gasteiger partial charge in [-0.15, -0.1) is 5.10 Å². The number of nitrogens with zero attached hydrogens (tertiary/aromatic N) is 3. The van der Waals surface area contributed by atoms with E-state index in [-0.39, 0.29) is 5.82 Å². The maximum atomic E-state index is 13.3. The third kappa shape index (κ3) is 2.87. The first kappa shape index (κ1) is 15.1. The minimum absolute atomic E-state index is 0.235. The summed E-state index contributed by atoms with van der Waals surface area (Å²) in [6.45, 7) is 3.12. The summed E-state index contributed by atoms with van der Waals surface area (Å²) in [5, 5.41) is 7.07. The van der Waals surface area contributed by atoms with E-state index in [1.165, 1.54) is 12.1 Å². The lowest BCUT2D eigenvalue weighted by Gasteiger charge is -2.26. The van der Waals surface area contributed by atoms with Crippen LogP contribution in [0, 0.1) is 5.82 Å². The molecule has 0 atom stereocenters. The Hall–Kier alpha value is -2.40. The third-order valence-corrected chi connectivity index (χ3v) is 4.39. The summed E-state index contributed by atoms with van der Waals surface area (Å²) in [7, 11) is 0. The van der Waals surface area contributed by atoms with Crippen LogP contribution in [0.5, 0.6) is 0 Å². The van der Waals surface area contributed by atoms with E-state index >= 15 is 0 Å². The van der Waals surface area contributed by atoms with Crippen LogP contribution in [0.25, 0.3) is 17.8 Å². The monoisotopic (exact) mass is 325 g/mol. The number of halogens is 1. The van der Waals surface area contributed by atoms with Crippen LogP contribution in [-0.4, -0.2) is 36.1 Å². The first-order valence-corrected chi connectivity index (χ1v) is 8.38. The number of hydrogen-bond acceptors (Lipinski definition) is 3. The maximum absolute atomic E-state index is 13.3. The van der Waals surface area contributed by atoms with Gasteiger partial charge in [0.2, 0.25) is 0 Å². The average Bonchev–Trinajstić information content (AvgIpc) is 2.93. The van der Waals surface area contributed by atoms with Crippen molar-refractivity contribution in [2.75, 3.05) is 31.2 Å². The fourth-order valence-electron chi connectivity index (χ4n) is 3.15. The normalized spacial score (nSPS) is 21.6. The molecule has 0 N–H and O–H groups in total. The molecule has 124 valence electrons. The van der Waals surface area contributed by atoms with Gasteiger partial charge in [-0.1, -0.05) is 18.2 Å². The van der Waals surface area contributed by atoms with Gasteiger partial charge in [0.15, 0.2) is 5.82 Å². The van der Waals surface area contributed by atoms with Crippen molar-refractivity contribution in [3.63, 3.8) is 0 Å². The van der Waals surface area contributed by atoms with E-state index in [0.29, 0.717) is 0 Å². The highest BCUT2D eigenvalue weighted by Gasteiger charge is 2.18. The minimum atomic E-state index is -0.235. The van der Waals surface area contributed by atoms with Crippen LogP contribution in [0.1, 0.15) is 12.8 Å². The number of aromatic nitrogens is 2. The summed E-state index contributed by atoms with van der Waals surface area (Å²) < 4.78 is 20.7. The second-order valence-corrected chi connectivity index (χ2v) is 5.99. The first-order chi connectivity index (χ1) is 11.8. The van der Waals surface area contributed by atoms with Crippen LogP contribution in [0.4, 0.5) is 10.2 Å². The largest absolute Gasteiger partial charge is 0.378 e. The first-order valence-electron chi connectivity index (χ1n) is 8.38. The smallest absolute Gasteiger partial charge is 0.159 e. The van der Waals surface area contributed by atoms with E-state index in [2.05, 4.69) is 29.2 Å². The topological polar surface area (TPSA) is 30.3 Å². The van der Waals surface area contributed by atoms with E-state index in [9.17, 15) is 4.39 Å². The lowest BCUT2D eigenvalue weighted by molar-refractivity contribution is 0.122. The van der Waals surface area contributed by atoms with Crippen molar-refractivity contribution in [2.24, 2.45) is 0 Å². The lowest BCUT2D eigenvalue weighted by atomic mass is 10.2. The molecule has 4 nitrogen and oxygen atoms in total. The molecule has 0 amide bonds. The fourth-order valence-corrected chi connectivity index (χ4v) is 3.15. The molecule has 1 saturated heterocycles. The number of fused-ring (bicyclic) bond motifs is 1. The van der Waals surface area contributed by atoms with Gasteiger partial charge in [0.05, 0.1) is 24.3 Å². The second kappa shape index (κ2) is 6.61. The molecule has 2 aromatic rings. The molecule has 0 unspecified atom stereocenters. The van der Waals surface area contributed by atoms with Gasteiger partial charge in [0.1, 0.15) is 5.82 Å². The van der Waals surface area contributed by atoms with Crippen molar-refractivity contribution in [2.45, 2.75) is 12.8 Å². The number of rotatable bonds is 2. The van der Waals surface area contributed by atoms with Crippen LogP contribution in [-0.2, 0) is 4.74 Å². The van der Waals surface area contributed by atoms with Crippen LogP contribution in [0.3, 0.4) is 0 Å². The number of morpholine rings is 1. The molecular formula is C19H20FN3O. The molecule has 1 aliphatic carbocycles. The van der Waals surface area contributed by atoms with E-state index in [4.69, 9.17) is 9.84 Å². The minimum Gasteiger partial charge on any atom is -0.378 e. The molecule has 1 fully saturated rings. The highest BCUT2D eigenvalue weighted by Crippen LogP contribution is 2.11. The van der Waals surface area contributed by atoms with Gasteiger partial charge in [0, 0.05) is 18.3 Å². The highest BCUT2D eigenvalue weighted by atomic mass is 19.1. The number of benzene rings is 1. The number of hydrogen-bond donors (Lipinski definition) is 0. The molecule has 5 heteroatoms. The zero-order valence-electron chi connectivity index (χ0n) is 13.5. The summed E-state index contributed by atoms with van der Waals surface area (Å²) in [6.07, 6.45) is 10.6. The number of ether oxygens (including phenoxy) is 1. The van der Waals surface area contributed by atoms with Gasteiger partial charge in [-0.3, -0.25) is 0 Å². The zero-order valence-corrected chi connectivity index (χ0v) is 13.5. The van der Waals surface area contributed by atoms with Crippen LogP contribution in [0.15, 0.2) is 36.4 Å². The van der Waals surface area contributed by atoms with Gasteiger partial charge in [-0.25, -0.2) is 9.07 Å². The fraction of sp³-hybridized carbons (Fsp3) is 0.316. The Balaban J connectivity index is 1.91. The Morgan fingerprint density at radius 3 is 2.62 bits per heavy atom. The Labute approximate surface area is 140 Å². The van der Waals surface area contributed by atoms with Gasteiger partial charge in [0.25, 0.3) is 0 Å². The second-order valence-electron chi connectivity index (χ2n) is 5.99. The van der Waals surface area contributed by atoms with Crippen LogP contribution in [0.2, 0.25) is 0 Å². The van der Waals surface area contributed by atoms with E-state index in [0.717, 1.165) is 61.2 Å².